The van der Waals surface area contributed by atoms with E-state index in [1.165, 1.54) is 4.90 Å². The van der Waals surface area contributed by atoms with Crippen molar-refractivity contribution in [2.45, 2.75) is 56.7 Å². The zero-order chi connectivity index (χ0) is 22.8. The van der Waals surface area contributed by atoms with Gasteiger partial charge in [0.05, 0.1) is 6.04 Å². The molecule has 2 heterocycles. The summed E-state index contributed by atoms with van der Waals surface area (Å²) in [6.45, 7) is 0.435. The number of carbonyl (C=O) groups excluding carboxylic acids is 2. The summed E-state index contributed by atoms with van der Waals surface area (Å²) in [5, 5.41) is 3.99. The Hall–Kier alpha value is -2.95. The van der Waals surface area contributed by atoms with Crippen LogP contribution in [0, 0.1) is 23.4 Å². The normalized spacial score (nSPS) is 20.2. The number of halogens is 3. The van der Waals surface area contributed by atoms with E-state index in [9.17, 15) is 22.8 Å². The van der Waals surface area contributed by atoms with E-state index >= 15 is 0 Å². The van der Waals surface area contributed by atoms with Crippen molar-refractivity contribution in [3.8, 4) is 0 Å². The highest BCUT2D eigenvalue weighted by Gasteiger charge is 2.40. The average molecular weight is 452 g/mol. The minimum atomic E-state index is -1.45. The van der Waals surface area contributed by atoms with Gasteiger partial charge in [-0.2, -0.15) is 4.98 Å². The predicted octanol–water partition coefficient (Wildman–Crippen LogP) is 2.21. The molecule has 3 atom stereocenters. The van der Waals surface area contributed by atoms with Crippen molar-refractivity contribution in [1.82, 2.24) is 15.0 Å². The number of carbonyl (C=O) groups is 2. The lowest BCUT2D eigenvalue weighted by Crippen LogP contribution is -2.50. The molecule has 2 N–H and O–H groups in total. The third-order valence-electron chi connectivity index (χ3n) is 5.85. The molecule has 172 valence electrons. The summed E-state index contributed by atoms with van der Waals surface area (Å²) in [5.74, 6) is -2.73. The van der Waals surface area contributed by atoms with Crippen LogP contribution in [-0.2, 0) is 27.2 Å². The molecule has 1 aromatic heterocycles. The molecule has 1 amide bonds. The van der Waals surface area contributed by atoms with Gasteiger partial charge in [-0.3, -0.25) is 9.59 Å². The van der Waals surface area contributed by atoms with Crippen molar-refractivity contribution < 1.29 is 32.0 Å². The van der Waals surface area contributed by atoms with E-state index in [1.807, 2.05) is 0 Å². The summed E-state index contributed by atoms with van der Waals surface area (Å²) in [6.07, 6.45) is 2.45. The average Bonchev–Trinajstić information content (AvgIpc) is 3.23. The lowest BCUT2D eigenvalue weighted by molar-refractivity contribution is -0.154. The summed E-state index contributed by atoms with van der Waals surface area (Å²) in [6, 6.07) is -0.611. The van der Waals surface area contributed by atoms with Crippen LogP contribution >= 0.6 is 0 Å². The Morgan fingerprint density at radius 1 is 1.25 bits per heavy atom. The molecule has 1 aromatic carbocycles. The first-order chi connectivity index (χ1) is 15.4. The van der Waals surface area contributed by atoms with Crippen LogP contribution in [0.15, 0.2) is 16.7 Å². The Kier molecular flexibility index (Phi) is 6.45. The molecular weight excluding hydrogens is 429 g/mol. The topological polar surface area (TPSA) is 112 Å². The molecule has 0 bridgehead atoms. The molecule has 32 heavy (non-hydrogen) atoms. The highest BCUT2D eigenvalue weighted by Crippen LogP contribution is 2.34. The molecule has 8 nitrogen and oxygen atoms in total. The lowest BCUT2D eigenvalue weighted by atomic mass is 10.00. The van der Waals surface area contributed by atoms with Gasteiger partial charge in [0, 0.05) is 19.0 Å². The summed E-state index contributed by atoms with van der Waals surface area (Å²) < 4.78 is 51.0. The maximum absolute atomic E-state index is 14.0. The molecule has 1 aliphatic carbocycles. The molecule has 1 saturated heterocycles. The van der Waals surface area contributed by atoms with Gasteiger partial charge in [-0.05, 0) is 49.7 Å². The molecule has 0 spiro atoms. The van der Waals surface area contributed by atoms with Gasteiger partial charge in [-0.1, -0.05) is 5.16 Å². The van der Waals surface area contributed by atoms with Crippen LogP contribution in [0.4, 0.5) is 13.2 Å². The molecule has 1 unspecified atom stereocenters. The molecule has 1 aliphatic heterocycles. The van der Waals surface area contributed by atoms with Crippen molar-refractivity contribution in [3.63, 3.8) is 0 Å². The second-order valence-electron chi connectivity index (χ2n) is 8.26. The zero-order valence-electron chi connectivity index (χ0n) is 17.2. The first-order valence-electron chi connectivity index (χ1n) is 10.5. The first kappa shape index (κ1) is 22.3. The van der Waals surface area contributed by atoms with Gasteiger partial charge in [-0.25, -0.2) is 13.2 Å². The maximum Gasteiger partial charge on any atom is 0.293 e. The van der Waals surface area contributed by atoms with Crippen molar-refractivity contribution in [1.29, 1.82) is 0 Å². The second kappa shape index (κ2) is 9.27. The zero-order valence-corrected chi connectivity index (χ0v) is 17.2. The third kappa shape index (κ3) is 4.77. The van der Waals surface area contributed by atoms with Crippen LogP contribution in [0.25, 0.3) is 0 Å². The molecule has 2 aliphatic rings. The van der Waals surface area contributed by atoms with Gasteiger partial charge < -0.3 is 19.9 Å². The first-order valence-corrected chi connectivity index (χ1v) is 10.5. The van der Waals surface area contributed by atoms with Gasteiger partial charge in [-0.15, -0.1) is 0 Å². The molecule has 0 radical (unpaired) electrons. The molecule has 1 saturated carbocycles. The highest BCUT2D eigenvalue weighted by atomic mass is 19.2. The van der Waals surface area contributed by atoms with Gasteiger partial charge in [0.2, 0.25) is 5.89 Å². The van der Waals surface area contributed by atoms with Crippen molar-refractivity contribution in [2.75, 3.05) is 6.54 Å². The van der Waals surface area contributed by atoms with E-state index in [4.69, 9.17) is 15.0 Å². The number of nitrogens with two attached hydrogens (primary N) is 1. The van der Waals surface area contributed by atoms with Gasteiger partial charge in [0.15, 0.2) is 23.6 Å². The van der Waals surface area contributed by atoms with E-state index in [1.54, 1.807) is 0 Å². The van der Waals surface area contributed by atoms with E-state index in [0.717, 1.165) is 19.3 Å². The molecule has 2 aromatic rings. The highest BCUT2D eigenvalue weighted by molar-refractivity contribution is 5.83. The lowest BCUT2D eigenvalue weighted by Gasteiger charge is -2.29. The predicted molar refractivity (Wildman–Crippen MR) is 103 cm³/mol. The van der Waals surface area contributed by atoms with Crippen LogP contribution in [0.5, 0.6) is 0 Å². The van der Waals surface area contributed by atoms with Crippen LogP contribution in [-0.4, -0.2) is 46.1 Å². The Bertz CT molecular complexity index is 997. The third-order valence-corrected chi connectivity index (χ3v) is 5.85. The molecular formula is C21H23F3N4O4. The molecule has 2 fully saturated rings. The minimum absolute atomic E-state index is 0.0789. The SMILES string of the molecule is N[C@H](Cc1cc(F)c(F)cc1F)C(OC=O)C(=O)N1CCC[C@H]1c1nc(CC2CC2)no1. The van der Waals surface area contributed by atoms with E-state index in [2.05, 4.69) is 10.1 Å². The Morgan fingerprint density at radius 2 is 2.00 bits per heavy atom. The van der Waals surface area contributed by atoms with Gasteiger partial charge >= 0.3 is 0 Å². The van der Waals surface area contributed by atoms with E-state index < -0.39 is 41.5 Å². The Balaban J connectivity index is 1.49. The number of likely N-dealkylation sites (tertiary alicyclic amines) is 1. The minimum Gasteiger partial charge on any atom is -0.453 e. The maximum atomic E-state index is 14.0. The van der Waals surface area contributed by atoms with E-state index in [0.29, 0.717) is 49.2 Å². The van der Waals surface area contributed by atoms with Crippen LogP contribution in [0.1, 0.15) is 49.0 Å². The summed E-state index contributed by atoms with van der Waals surface area (Å²) >= 11 is 0. The van der Waals surface area contributed by atoms with Crippen molar-refractivity contribution in [3.05, 3.63) is 46.9 Å². The number of nitrogens with zero attached hydrogens (tertiary/aromatic N) is 3. The van der Waals surface area contributed by atoms with Crippen LogP contribution in [0.2, 0.25) is 0 Å². The molecule has 11 heteroatoms. The number of amides is 1. The monoisotopic (exact) mass is 452 g/mol. The van der Waals surface area contributed by atoms with Crippen molar-refractivity contribution in [2.24, 2.45) is 11.7 Å². The fourth-order valence-electron chi connectivity index (χ4n) is 4.00. The quantitative estimate of drug-likeness (QED) is 0.459. The summed E-state index contributed by atoms with van der Waals surface area (Å²) in [7, 11) is 0. The van der Waals surface area contributed by atoms with Crippen LogP contribution in [0.3, 0.4) is 0 Å². The number of hydrogen-bond acceptors (Lipinski definition) is 7. The number of hydrogen-bond donors (Lipinski definition) is 1. The summed E-state index contributed by atoms with van der Waals surface area (Å²) in [4.78, 5) is 30.1. The fraction of sp³-hybridized carbons (Fsp3) is 0.524. The second-order valence-corrected chi connectivity index (χ2v) is 8.26. The van der Waals surface area contributed by atoms with Crippen molar-refractivity contribution >= 4 is 12.4 Å². The number of ether oxygens (including phenoxy) is 1. The standard InChI is InChI=1S/C21H23F3N4O4/c22-13-9-15(24)14(23)7-12(13)8-16(25)19(31-10-29)21(30)28-5-1-2-17(28)20-26-18(27-32-20)6-11-3-4-11/h7,9-11,16-17,19H,1-6,8,25H2/t16-,17+,19?/m1/s1. The van der Waals surface area contributed by atoms with Crippen LogP contribution < -0.4 is 5.73 Å². The smallest absolute Gasteiger partial charge is 0.293 e. The van der Waals surface area contributed by atoms with Gasteiger partial charge in [0.1, 0.15) is 11.9 Å². The van der Waals surface area contributed by atoms with Gasteiger partial charge in [0.25, 0.3) is 12.4 Å². The largest absolute Gasteiger partial charge is 0.453 e. The number of benzene rings is 1. The number of aromatic nitrogens is 2. The fourth-order valence-corrected chi connectivity index (χ4v) is 4.00. The van der Waals surface area contributed by atoms with E-state index in [-0.39, 0.29) is 18.5 Å². The summed E-state index contributed by atoms with van der Waals surface area (Å²) in [5.41, 5.74) is 5.81. The Morgan fingerprint density at radius 3 is 2.72 bits per heavy atom. The molecule has 4 rings (SSSR count). The Labute approximate surface area is 181 Å². The number of rotatable bonds is 9.